The summed E-state index contributed by atoms with van der Waals surface area (Å²) >= 11 is 5.72. The standard InChI is InChI=1S/C16H18ClFN2O3/c17-12-10-11(3-4-13(12)18)15(21)19-5-7-20(8-6-19)16(22)14-2-1-9-23-14/h3-4,10,14H,1-2,5-9H2. The van der Waals surface area contributed by atoms with Gasteiger partial charge in [-0.15, -0.1) is 0 Å². The number of carbonyl (C=O) groups is 2. The van der Waals surface area contributed by atoms with Crippen molar-refractivity contribution < 1.29 is 18.7 Å². The largest absolute Gasteiger partial charge is 0.368 e. The van der Waals surface area contributed by atoms with Crippen molar-refractivity contribution in [2.75, 3.05) is 32.8 Å². The van der Waals surface area contributed by atoms with Gasteiger partial charge in [-0.25, -0.2) is 4.39 Å². The molecule has 0 aliphatic carbocycles. The summed E-state index contributed by atoms with van der Waals surface area (Å²) in [6, 6.07) is 3.95. The van der Waals surface area contributed by atoms with Gasteiger partial charge < -0.3 is 14.5 Å². The summed E-state index contributed by atoms with van der Waals surface area (Å²) in [5.41, 5.74) is 0.357. The molecule has 1 aromatic carbocycles. The molecule has 1 atom stereocenters. The van der Waals surface area contributed by atoms with Crippen molar-refractivity contribution in [1.82, 2.24) is 9.80 Å². The Hall–Kier alpha value is -1.66. The molecule has 1 aromatic rings. The van der Waals surface area contributed by atoms with Crippen LogP contribution in [-0.4, -0.2) is 60.5 Å². The van der Waals surface area contributed by atoms with E-state index in [0.717, 1.165) is 12.8 Å². The summed E-state index contributed by atoms with van der Waals surface area (Å²) < 4.78 is 18.6. The van der Waals surface area contributed by atoms with Gasteiger partial charge in [-0.1, -0.05) is 11.6 Å². The highest BCUT2D eigenvalue weighted by Gasteiger charge is 2.31. The van der Waals surface area contributed by atoms with Gasteiger partial charge in [0.15, 0.2) is 0 Å². The van der Waals surface area contributed by atoms with Crippen LogP contribution in [-0.2, 0) is 9.53 Å². The van der Waals surface area contributed by atoms with Crippen molar-refractivity contribution in [3.05, 3.63) is 34.6 Å². The second kappa shape index (κ2) is 6.84. The first kappa shape index (κ1) is 16.2. The van der Waals surface area contributed by atoms with Crippen molar-refractivity contribution in [2.45, 2.75) is 18.9 Å². The number of rotatable bonds is 2. The Kier molecular flexibility index (Phi) is 4.82. The Bertz CT molecular complexity index is 611. The van der Waals surface area contributed by atoms with Crippen LogP contribution < -0.4 is 0 Å². The van der Waals surface area contributed by atoms with Crippen LogP contribution in [0.1, 0.15) is 23.2 Å². The van der Waals surface area contributed by atoms with E-state index in [1.807, 2.05) is 0 Å². The maximum atomic E-state index is 13.2. The molecule has 0 bridgehead atoms. The fourth-order valence-corrected chi connectivity index (χ4v) is 3.10. The highest BCUT2D eigenvalue weighted by atomic mass is 35.5. The third-order valence-corrected chi connectivity index (χ3v) is 4.54. The Morgan fingerprint density at radius 3 is 2.48 bits per heavy atom. The second-order valence-electron chi connectivity index (χ2n) is 5.75. The molecule has 5 nitrogen and oxygen atoms in total. The lowest BCUT2D eigenvalue weighted by atomic mass is 10.1. The average Bonchev–Trinajstić information content (AvgIpc) is 3.11. The third kappa shape index (κ3) is 3.48. The number of amides is 2. The summed E-state index contributed by atoms with van der Waals surface area (Å²) in [6.45, 7) is 2.51. The quantitative estimate of drug-likeness (QED) is 0.826. The van der Waals surface area contributed by atoms with Crippen LogP contribution in [0.3, 0.4) is 0 Å². The zero-order valence-corrected chi connectivity index (χ0v) is 13.4. The number of nitrogens with zero attached hydrogens (tertiary/aromatic N) is 2. The maximum absolute atomic E-state index is 13.2. The first-order chi connectivity index (χ1) is 11.1. The van der Waals surface area contributed by atoms with Gasteiger partial charge in [-0.3, -0.25) is 9.59 Å². The molecule has 124 valence electrons. The second-order valence-corrected chi connectivity index (χ2v) is 6.16. The highest BCUT2D eigenvalue weighted by molar-refractivity contribution is 6.31. The minimum Gasteiger partial charge on any atom is -0.368 e. The van der Waals surface area contributed by atoms with Gasteiger partial charge >= 0.3 is 0 Å². The number of hydrogen-bond acceptors (Lipinski definition) is 3. The molecule has 0 radical (unpaired) electrons. The number of halogens is 2. The van der Waals surface area contributed by atoms with Crippen molar-refractivity contribution in [2.24, 2.45) is 0 Å². The first-order valence-electron chi connectivity index (χ1n) is 7.71. The Balaban J connectivity index is 1.58. The van der Waals surface area contributed by atoms with E-state index in [4.69, 9.17) is 16.3 Å². The van der Waals surface area contributed by atoms with Crippen LogP contribution in [0.25, 0.3) is 0 Å². The molecule has 2 aliphatic rings. The molecule has 1 unspecified atom stereocenters. The topological polar surface area (TPSA) is 49.9 Å². The Labute approximate surface area is 138 Å². The highest BCUT2D eigenvalue weighted by Crippen LogP contribution is 2.19. The lowest BCUT2D eigenvalue weighted by Gasteiger charge is -2.35. The summed E-state index contributed by atoms with van der Waals surface area (Å²) in [6.07, 6.45) is 1.36. The number of ether oxygens (including phenoxy) is 1. The Morgan fingerprint density at radius 1 is 1.17 bits per heavy atom. The number of hydrogen-bond donors (Lipinski definition) is 0. The molecule has 0 aromatic heterocycles. The SMILES string of the molecule is O=C(c1ccc(F)c(Cl)c1)N1CCN(C(=O)C2CCCO2)CC1. The van der Waals surface area contributed by atoms with Crippen molar-refractivity contribution >= 4 is 23.4 Å². The van der Waals surface area contributed by atoms with Gasteiger partial charge in [0, 0.05) is 38.3 Å². The van der Waals surface area contributed by atoms with Crippen molar-refractivity contribution in [3.8, 4) is 0 Å². The molecule has 2 amide bonds. The van der Waals surface area contributed by atoms with Gasteiger partial charge in [-0.2, -0.15) is 0 Å². The van der Waals surface area contributed by atoms with Crippen LogP contribution in [0.5, 0.6) is 0 Å². The molecule has 3 rings (SSSR count). The lowest BCUT2D eigenvalue weighted by molar-refractivity contribution is -0.142. The van der Waals surface area contributed by atoms with Crippen molar-refractivity contribution in [3.63, 3.8) is 0 Å². The fourth-order valence-electron chi connectivity index (χ4n) is 2.92. The van der Waals surface area contributed by atoms with E-state index < -0.39 is 5.82 Å². The van der Waals surface area contributed by atoms with E-state index in [2.05, 4.69) is 0 Å². The van der Waals surface area contributed by atoms with Gasteiger partial charge in [0.25, 0.3) is 11.8 Å². The zero-order valence-electron chi connectivity index (χ0n) is 12.6. The minimum absolute atomic E-state index is 0.0134. The Morgan fingerprint density at radius 2 is 1.87 bits per heavy atom. The maximum Gasteiger partial charge on any atom is 0.254 e. The molecule has 2 saturated heterocycles. The van der Waals surface area contributed by atoms with Crippen molar-refractivity contribution in [1.29, 1.82) is 0 Å². The molecule has 0 spiro atoms. The van der Waals surface area contributed by atoms with Gasteiger partial charge in [0.2, 0.25) is 0 Å². The van der Waals surface area contributed by atoms with Crippen LogP contribution in [0.15, 0.2) is 18.2 Å². The van der Waals surface area contributed by atoms with Gasteiger partial charge in [0.1, 0.15) is 11.9 Å². The van der Waals surface area contributed by atoms with Crippen LogP contribution in [0.4, 0.5) is 4.39 Å². The van der Waals surface area contributed by atoms with E-state index in [-0.39, 0.29) is 22.9 Å². The molecule has 0 N–H and O–H groups in total. The molecule has 2 aliphatic heterocycles. The van der Waals surface area contributed by atoms with E-state index in [0.29, 0.717) is 38.3 Å². The predicted molar refractivity (Wildman–Crippen MR) is 82.9 cm³/mol. The van der Waals surface area contributed by atoms with E-state index in [1.54, 1.807) is 9.80 Å². The molecular weight excluding hydrogens is 323 g/mol. The summed E-state index contributed by atoms with van der Waals surface area (Å²) in [5, 5.41) is -0.0666. The normalized spacial score (nSPS) is 21.6. The summed E-state index contributed by atoms with van der Waals surface area (Å²) in [5.74, 6) is -0.731. The molecule has 2 fully saturated rings. The third-order valence-electron chi connectivity index (χ3n) is 4.25. The predicted octanol–water partition coefficient (Wildman–Crippen LogP) is 1.94. The molecule has 0 saturated carbocycles. The average molecular weight is 341 g/mol. The number of carbonyl (C=O) groups excluding carboxylic acids is 2. The summed E-state index contributed by atoms with van der Waals surface area (Å²) in [7, 11) is 0. The van der Waals surface area contributed by atoms with E-state index >= 15 is 0 Å². The van der Waals surface area contributed by atoms with Gasteiger partial charge in [0.05, 0.1) is 5.02 Å². The minimum atomic E-state index is -0.546. The molecule has 2 heterocycles. The fraction of sp³-hybridized carbons (Fsp3) is 0.500. The van der Waals surface area contributed by atoms with Crippen LogP contribution >= 0.6 is 11.6 Å². The van der Waals surface area contributed by atoms with Crippen LogP contribution in [0.2, 0.25) is 5.02 Å². The number of piperazine rings is 1. The van der Waals surface area contributed by atoms with E-state index in [9.17, 15) is 14.0 Å². The monoisotopic (exact) mass is 340 g/mol. The number of benzene rings is 1. The van der Waals surface area contributed by atoms with Crippen LogP contribution in [0, 0.1) is 5.82 Å². The van der Waals surface area contributed by atoms with E-state index in [1.165, 1.54) is 18.2 Å². The summed E-state index contributed by atoms with van der Waals surface area (Å²) in [4.78, 5) is 28.1. The molecule has 23 heavy (non-hydrogen) atoms. The lowest BCUT2D eigenvalue weighted by Crippen LogP contribution is -2.52. The molecular formula is C16H18ClFN2O3. The van der Waals surface area contributed by atoms with Gasteiger partial charge in [-0.05, 0) is 31.0 Å². The smallest absolute Gasteiger partial charge is 0.254 e. The molecule has 7 heteroatoms. The zero-order chi connectivity index (χ0) is 16.4. The first-order valence-corrected chi connectivity index (χ1v) is 8.09.